The third-order valence-electron chi connectivity index (χ3n) is 4.07. The quantitative estimate of drug-likeness (QED) is 0.728. The summed E-state index contributed by atoms with van der Waals surface area (Å²) in [5.74, 6) is 0.934. The van der Waals surface area contributed by atoms with Gasteiger partial charge in [-0.05, 0) is 6.92 Å². The number of aryl methyl sites for hydroxylation is 1. The summed E-state index contributed by atoms with van der Waals surface area (Å²) in [6.07, 6.45) is 5.76. The van der Waals surface area contributed by atoms with Crippen molar-refractivity contribution in [1.29, 1.82) is 0 Å². The zero-order valence-electron chi connectivity index (χ0n) is 12.6. The van der Waals surface area contributed by atoms with E-state index in [1.807, 2.05) is 18.6 Å². The van der Waals surface area contributed by atoms with E-state index < -0.39 is 0 Å². The van der Waals surface area contributed by atoms with Gasteiger partial charge in [0, 0.05) is 31.0 Å². The lowest BCUT2D eigenvalue weighted by Gasteiger charge is -2.28. The highest BCUT2D eigenvalue weighted by molar-refractivity contribution is 5.71. The van der Waals surface area contributed by atoms with Crippen LogP contribution in [0.15, 0.2) is 42.9 Å². The van der Waals surface area contributed by atoms with Crippen LogP contribution in [0.3, 0.4) is 0 Å². The van der Waals surface area contributed by atoms with Gasteiger partial charge in [-0.25, -0.2) is 9.97 Å². The average Bonchev–Trinajstić information content (AvgIpc) is 3.05. The number of aromatic nitrogens is 3. The fraction of sp³-hybridized carbons (Fsp3) is 0.294. The van der Waals surface area contributed by atoms with E-state index in [0.29, 0.717) is 0 Å². The first kappa shape index (κ1) is 13.3. The molecule has 0 N–H and O–H groups in total. The van der Waals surface area contributed by atoms with E-state index in [1.54, 1.807) is 0 Å². The molecular weight excluding hydrogens is 276 g/mol. The Morgan fingerprint density at radius 2 is 1.82 bits per heavy atom. The molecule has 22 heavy (non-hydrogen) atoms. The molecule has 5 heteroatoms. The van der Waals surface area contributed by atoms with Gasteiger partial charge in [-0.15, -0.1) is 0 Å². The molecule has 2 aromatic heterocycles. The molecular formula is C17H18N4O. The summed E-state index contributed by atoms with van der Waals surface area (Å²) in [4.78, 5) is 11.4. The van der Waals surface area contributed by atoms with Crippen molar-refractivity contribution in [3.05, 3.63) is 48.4 Å². The number of benzene rings is 1. The lowest BCUT2D eigenvalue weighted by atomic mass is 10.1. The van der Waals surface area contributed by atoms with Gasteiger partial charge in [-0.3, -0.25) is 4.40 Å². The second kappa shape index (κ2) is 5.42. The summed E-state index contributed by atoms with van der Waals surface area (Å²) < 4.78 is 7.54. The van der Waals surface area contributed by atoms with Crippen LogP contribution in [-0.4, -0.2) is 40.7 Å². The highest BCUT2D eigenvalue weighted by Crippen LogP contribution is 2.25. The lowest BCUT2D eigenvalue weighted by molar-refractivity contribution is 0.122. The molecule has 1 aromatic carbocycles. The second-order valence-corrected chi connectivity index (χ2v) is 5.55. The summed E-state index contributed by atoms with van der Waals surface area (Å²) in [6, 6.07) is 8.49. The molecule has 112 valence electrons. The van der Waals surface area contributed by atoms with Crippen molar-refractivity contribution in [2.24, 2.45) is 0 Å². The van der Waals surface area contributed by atoms with Crippen LogP contribution in [-0.2, 0) is 4.74 Å². The van der Waals surface area contributed by atoms with Crippen molar-refractivity contribution in [3.63, 3.8) is 0 Å². The van der Waals surface area contributed by atoms with Gasteiger partial charge < -0.3 is 9.64 Å². The molecule has 5 nitrogen and oxygen atoms in total. The topological polar surface area (TPSA) is 42.7 Å². The number of hydrogen-bond donors (Lipinski definition) is 0. The van der Waals surface area contributed by atoms with E-state index in [9.17, 15) is 0 Å². The first-order valence-electron chi connectivity index (χ1n) is 7.55. The van der Waals surface area contributed by atoms with Crippen LogP contribution in [0.5, 0.6) is 0 Å². The summed E-state index contributed by atoms with van der Waals surface area (Å²) in [5.41, 5.74) is 4.36. The van der Waals surface area contributed by atoms with Gasteiger partial charge in [0.05, 0.1) is 25.1 Å². The maximum Gasteiger partial charge on any atom is 0.180 e. The number of hydrogen-bond acceptors (Lipinski definition) is 4. The van der Waals surface area contributed by atoms with Crippen LogP contribution >= 0.6 is 0 Å². The summed E-state index contributed by atoms with van der Waals surface area (Å²) in [5, 5.41) is 0. The van der Waals surface area contributed by atoms with Crippen LogP contribution < -0.4 is 4.90 Å². The van der Waals surface area contributed by atoms with Crippen LogP contribution in [0.2, 0.25) is 0 Å². The number of fused-ring (bicyclic) bond motifs is 1. The second-order valence-electron chi connectivity index (χ2n) is 5.55. The molecule has 1 saturated heterocycles. The Balaban J connectivity index is 1.82. The molecule has 3 aromatic rings. The number of morpholine rings is 1. The average molecular weight is 294 g/mol. The third kappa shape index (κ3) is 2.23. The smallest absolute Gasteiger partial charge is 0.180 e. The zero-order valence-corrected chi connectivity index (χ0v) is 12.6. The minimum atomic E-state index is 0.744. The number of ether oxygens (including phenoxy) is 1. The summed E-state index contributed by atoms with van der Waals surface area (Å²) >= 11 is 0. The van der Waals surface area contributed by atoms with Crippen LogP contribution in [0.25, 0.3) is 16.9 Å². The minimum Gasteiger partial charge on any atom is -0.378 e. The fourth-order valence-corrected chi connectivity index (χ4v) is 2.84. The van der Waals surface area contributed by atoms with Gasteiger partial charge in [0.1, 0.15) is 0 Å². The van der Waals surface area contributed by atoms with Crippen molar-refractivity contribution in [2.75, 3.05) is 31.2 Å². The highest BCUT2D eigenvalue weighted by atomic mass is 16.5. The van der Waals surface area contributed by atoms with Crippen molar-refractivity contribution < 1.29 is 4.74 Å². The molecule has 0 bridgehead atoms. The normalized spacial score (nSPS) is 15.4. The molecule has 0 spiro atoms. The Morgan fingerprint density at radius 3 is 2.59 bits per heavy atom. The van der Waals surface area contributed by atoms with Gasteiger partial charge in [0.25, 0.3) is 0 Å². The van der Waals surface area contributed by atoms with E-state index in [1.165, 1.54) is 5.56 Å². The molecule has 0 amide bonds. The number of anilines is 1. The Morgan fingerprint density at radius 1 is 1.05 bits per heavy atom. The standard InChI is InChI=1S/C17H18N4O/c1-13-2-4-14(5-3-13)15-12-19-16(17-18-6-7-21(15)17)20-8-10-22-11-9-20/h2-7,12H,8-11H2,1H3. The first-order valence-corrected chi connectivity index (χ1v) is 7.55. The Hall–Kier alpha value is -2.40. The molecule has 1 fully saturated rings. The molecule has 0 unspecified atom stereocenters. The number of imidazole rings is 1. The predicted molar refractivity (Wildman–Crippen MR) is 86.2 cm³/mol. The number of rotatable bonds is 2. The Bertz CT molecular complexity index is 788. The van der Waals surface area contributed by atoms with E-state index in [0.717, 1.165) is 49.0 Å². The molecule has 0 saturated carbocycles. The third-order valence-corrected chi connectivity index (χ3v) is 4.07. The maximum absolute atomic E-state index is 5.42. The molecule has 0 radical (unpaired) electrons. The lowest BCUT2D eigenvalue weighted by Crippen LogP contribution is -2.37. The van der Waals surface area contributed by atoms with Gasteiger partial charge in [0.15, 0.2) is 11.5 Å². The molecule has 0 atom stereocenters. The molecule has 3 heterocycles. The van der Waals surface area contributed by atoms with E-state index >= 15 is 0 Å². The van der Waals surface area contributed by atoms with Crippen LogP contribution in [0.1, 0.15) is 5.56 Å². The van der Waals surface area contributed by atoms with Crippen molar-refractivity contribution in [3.8, 4) is 11.3 Å². The molecule has 4 rings (SSSR count). The van der Waals surface area contributed by atoms with Crippen LogP contribution in [0, 0.1) is 6.92 Å². The molecule has 1 aliphatic heterocycles. The highest BCUT2D eigenvalue weighted by Gasteiger charge is 2.18. The fourth-order valence-electron chi connectivity index (χ4n) is 2.84. The number of nitrogens with zero attached hydrogens (tertiary/aromatic N) is 4. The van der Waals surface area contributed by atoms with E-state index in [4.69, 9.17) is 4.74 Å². The SMILES string of the molecule is Cc1ccc(-c2cnc(N3CCOCC3)c3nccn23)cc1. The Labute approximate surface area is 129 Å². The monoisotopic (exact) mass is 294 g/mol. The largest absolute Gasteiger partial charge is 0.378 e. The van der Waals surface area contributed by atoms with Gasteiger partial charge in [-0.1, -0.05) is 29.8 Å². The van der Waals surface area contributed by atoms with E-state index in [2.05, 4.69) is 50.5 Å². The summed E-state index contributed by atoms with van der Waals surface area (Å²) in [6.45, 7) is 5.30. The minimum absolute atomic E-state index is 0.744. The van der Waals surface area contributed by atoms with Crippen LogP contribution in [0.4, 0.5) is 5.82 Å². The molecule has 1 aliphatic rings. The van der Waals surface area contributed by atoms with Crippen molar-refractivity contribution in [2.45, 2.75) is 6.92 Å². The zero-order chi connectivity index (χ0) is 14.9. The van der Waals surface area contributed by atoms with Gasteiger partial charge in [0.2, 0.25) is 0 Å². The van der Waals surface area contributed by atoms with Crippen molar-refractivity contribution >= 4 is 11.5 Å². The first-order chi connectivity index (χ1) is 10.8. The van der Waals surface area contributed by atoms with E-state index in [-0.39, 0.29) is 0 Å². The predicted octanol–water partition coefficient (Wildman–Crippen LogP) is 2.54. The van der Waals surface area contributed by atoms with Gasteiger partial charge >= 0.3 is 0 Å². The van der Waals surface area contributed by atoms with Gasteiger partial charge in [-0.2, -0.15) is 0 Å². The van der Waals surface area contributed by atoms with Crippen molar-refractivity contribution in [1.82, 2.24) is 14.4 Å². The summed E-state index contributed by atoms with van der Waals surface area (Å²) in [7, 11) is 0. The maximum atomic E-state index is 5.42. The molecule has 0 aliphatic carbocycles. The Kier molecular flexibility index (Phi) is 3.27.